The number of hydrogen-bond donors (Lipinski definition) is 1. The Morgan fingerprint density at radius 3 is 2.88 bits per heavy atom. The summed E-state index contributed by atoms with van der Waals surface area (Å²) in [7, 11) is 0. The van der Waals surface area contributed by atoms with Crippen LogP contribution in [0.3, 0.4) is 0 Å². The Morgan fingerprint density at radius 1 is 1.53 bits per heavy atom. The predicted octanol–water partition coefficient (Wildman–Crippen LogP) is 2.27. The van der Waals surface area contributed by atoms with Crippen LogP contribution in [0.2, 0.25) is 0 Å². The van der Waals surface area contributed by atoms with Crippen molar-refractivity contribution in [1.82, 2.24) is 15.2 Å². The van der Waals surface area contributed by atoms with Gasteiger partial charge in [-0.25, -0.2) is 4.98 Å². The Bertz CT molecular complexity index is 367. The van der Waals surface area contributed by atoms with Gasteiger partial charge in [0.2, 0.25) is 0 Å². The van der Waals surface area contributed by atoms with Gasteiger partial charge in [-0.3, -0.25) is 4.90 Å². The zero-order valence-electron chi connectivity index (χ0n) is 11.3. The first kappa shape index (κ1) is 13.0. The van der Waals surface area contributed by atoms with E-state index in [1.807, 2.05) is 0 Å². The molecule has 1 N–H and O–H groups in total. The average Bonchev–Trinajstić information content (AvgIpc) is 2.63. The molecule has 1 atom stereocenters. The first-order valence-corrected chi connectivity index (χ1v) is 7.20. The van der Waals surface area contributed by atoms with Gasteiger partial charge in [-0.1, -0.05) is 20.8 Å². The van der Waals surface area contributed by atoms with Crippen molar-refractivity contribution in [2.24, 2.45) is 5.41 Å². The predicted molar refractivity (Wildman–Crippen MR) is 73.4 cm³/mol. The number of aryl methyl sites for hydroxylation is 1. The van der Waals surface area contributed by atoms with Gasteiger partial charge < -0.3 is 5.32 Å². The second-order valence-corrected chi connectivity index (χ2v) is 7.03. The molecule has 3 nitrogen and oxygen atoms in total. The van der Waals surface area contributed by atoms with E-state index in [2.05, 4.69) is 48.3 Å². The van der Waals surface area contributed by atoms with Crippen LogP contribution >= 0.6 is 11.3 Å². The topological polar surface area (TPSA) is 28.2 Å². The zero-order chi connectivity index (χ0) is 12.5. The van der Waals surface area contributed by atoms with Gasteiger partial charge in [0, 0.05) is 37.6 Å². The molecule has 0 amide bonds. The van der Waals surface area contributed by atoms with Crippen LogP contribution in [0.5, 0.6) is 0 Å². The molecule has 2 rings (SSSR count). The normalized spacial score (nSPS) is 22.9. The van der Waals surface area contributed by atoms with Crippen LogP contribution in [0.4, 0.5) is 0 Å². The van der Waals surface area contributed by atoms with E-state index >= 15 is 0 Å². The highest BCUT2D eigenvalue weighted by atomic mass is 32.1. The molecule has 0 saturated carbocycles. The molecule has 0 aromatic carbocycles. The molecule has 1 saturated heterocycles. The average molecular weight is 253 g/mol. The summed E-state index contributed by atoms with van der Waals surface area (Å²) in [6, 6.07) is 0.580. The van der Waals surface area contributed by atoms with E-state index in [-0.39, 0.29) is 0 Å². The van der Waals surface area contributed by atoms with Crippen molar-refractivity contribution < 1.29 is 0 Å². The monoisotopic (exact) mass is 253 g/mol. The highest BCUT2D eigenvalue weighted by Gasteiger charge is 2.29. The summed E-state index contributed by atoms with van der Waals surface area (Å²) in [5.74, 6) is 0. The SMILES string of the molecule is Cc1nc(CN2CCNC(C(C)(C)C)C2)cs1. The highest BCUT2D eigenvalue weighted by molar-refractivity contribution is 7.09. The minimum Gasteiger partial charge on any atom is -0.311 e. The van der Waals surface area contributed by atoms with Crippen molar-refractivity contribution in [3.63, 3.8) is 0 Å². The molecular formula is C13H23N3S. The molecule has 2 heterocycles. The van der Waals surface area contributed by atoms with Crippen molar-refractivity contribution >= 4 is 11.3 Å². The third-order valence-corrected chi connectivity index (χ3v) is 4.18. The van der Waals surface area contributed by atoms with Crippen molar-refractivity contribution in [3.05, 3.63) is 16.1 Å². The molecule has 4 heteroatoms. The molecule has 1 unspecified atom stereocenters. The maximum atomic E-state index is 4.55. The van der Waals surface area contributed by atoms with E-state index in [1.54, 1.807) is 11.3 Å². The van der Waals surface area contributed by atoms with Gasteiger partial charge in [0.25, 0.3) is 0 Å². The molecule has 1 fully saturated rings. The molecule has 0 aliphatic carbocycles. The van der Waals surface area contributed by atoms with E-state index in [9.17, 15) is 0 Å². The van der Waals surface area contributed by atoms with Crippen LogP contribution in [0.25, 0.3) is 0 Å². The van der Waals surface area contributed by atoms with Gasteiger partial charge in [0.05, 0.1) is 10.7 Å². The first-order chi connectivity index (χ1) is 7.95. The Morgan fingerprint density at radius 2 is 2.29 bits per heavy atom. The summed E-state index contributed by atoms with van der Waals surface area (Å²) in [5.41, 5.74) is 1.55. The second-order valence-electron chi connectivity index (χ2n) is 5.97. The Balaban J connectivity index is 1.94. The van der Waals surface area contributed by atoms with Crippen molar-refractivity contribution in [3.8, 4) is 0 Å². The van der Waals surface area contributed by atoms with Gasteiger partial charge in [0.15, 0.2) is 0 Å². The minimum absolute atomic E-state index is 0.330. The Kier molecular flexibility index (Phi) is 3.85. The summed E-state index contributed by atoms with van der Waals surface area (Å²) in [6.07, 6.45) is 0. The molecule has 1 aliphatic rings. The van der Waals surface area contributed by atoms with E-state index in [0.29, 0.717) is 11.5 Å². The van der Waals surface area contributed by atoms with E-state index in [4.69, 9.17) is 0 Å². The molecule has 1 aromatic heterocycles. The molecular weight excluding hydrogens is 230 g/mol. The molecule has 1 aromatic rings. The zero-order valence-corrected chi connectivity index (χ0v) is 12.1. The van der Waals surface area contributed by atoms with Crippen LogP contribution in [-0.4, -0.2) is 35.6 Å². The smallest absolute Gasteiger partial charge is 0.0897 e. The van der Waals surface area contributed by atoms with Crippen LogP contribution in [-0.2, 0) is 6.54 Å². The number of aromatic nitrogens is 1. The molecule has 0 radical (unpaired) electrons. The van der Waals surface area contributed by atoms with Crippen LogP contribution in [0.15, 0.2) is 5.38 Å². The van der Waals surface area contributed by atoms with Crippen LogP contribution in [0, 0.1) is 12.3 Å². The standard InChI is InChI=1S/C13H23N3S/c1-10-15-11(9-17-10)7-16-6-5-14-12(8-16)13(2,3)4/h9,12,14H,5-8H2,1-4H3. The van der Waals surface area contributed by atoms with Gasteiger partial charge in [0.1, 0.15) is 0 Å². The largest absolute Gasteiger partial charge is 0.311 e. The number of hydrogen-bond acceptors (Lipinski definition) is 4. The number of rotatable bonds is 2. The van der Waals surface area contributed by atoms with E-state index in [1.165, 1.54) is 10.7 Å². The second kappa shape index (κ2) is 5.04. The summed E-state index contributed by atoms with van der Waals surface area (Å²) in [5, 5.41) is 6.97. The summed E-state index contributed by atoms with van der Waals surface area (Å²) in [4.78, 5) is 7.06. The quantitative estimate of drug-likeness (QED) is 0.876. The number of thiazole rings is 1. The third-order valence-electron chi connectivity index (χ3n) is 3.36. The number of nitrogens with zero attached hydrogens (tertiary/aromatic N) is 2. The Labute approximate surface area is 108 Å². The fourth-order valence-corrected chi connectivity index (χ4v) is 2.85. The molecule has 0 spiro atoms. The number of nitrogens with one attached hydrogen (secondary N) is 1. The van der Waals surface area contributed by atoms with Gasteiger partial charge in [-0.2, -0.15) is 0 Å². The lowest BCUT2D eigenvalue weighted by atomic mass is 9.85. The summed E-state index contributed by atoms with van der Waals surface area (Å²) >= 11 is 1.75. The first-order valence-electron chi connectivity index (χ1n) is 6.32. The molecule has 17 heavy (non-hydrogen) atoms. The van der Waals surface area contributed by atoms with Crippen LogP contribution < -0.4 is 5.32 Å². The van der Waals surface area contributed by atoms with E-state index < -0.39 is 0 Å². The maximum absolute atomic E-state index is 4.55. The van der Waals surface area contributed by atoms with Gasteiger partial charge in [-0.15, -0.1) is 11.3 Å². The van der Waals surface area contributed by atoms with Crippen LogP contribution in [0.1, 0.15) is 31.5 Å². The lowest BCUT2D eigenvalue weighted by Gasteiger charge is -2.40. The molecule has 1 aliphatic heterocycles. The Hall–Kier alpha value is -0.450. The third kappa shape index (κ3) is 3.50. The van der Waals surface area contributed by atoms with E-state index in [0.717, 1.165) is 26.2 Å². The fraction of sp³-hybridized carbons (Fsp3) is 0.769. The minimum atomic E-state index is 0.330. The fourth-order valence-electron chi connectivity index (χ4n) is 2.24. The molecule has 0 bridgehead atoms. The van der Waals surface area contributed by atoms with Crippen molar-refractivity contribution in [2.75, 3.05) is 19.6 Å². The summed E-state index contributed by atoms with van der Waals surface area (Å²) < 4.78 is 0. The summed E-state index contributed by atoms with van der Waals surface area (Å²) in [6.45, 7) is 13.3. The lowest BCUT2D eigenvalue weighted by molar-refractivity contribution is 0.128. The molecule has 96 valence electrons. The number of piperazine rings is 1. The van der Waals surface area contributed by atoms with Crippen molar-refractivity contribution in [1.29, 1.82) is 0 Å². The highest BCUT2D eigenvalue weighted by Crippen LogP contribution is 2.22. The maximum Gasteiger partial charge on any atom is 0.0897 e. The van der Waals surface area contributed by atoms with Crippen molar-refractivity contribution in [2.45, 2.75) is 40.3 Å². The lowest BCUT2D eigenvalue weighted by Crippen LogP contribution is -2.55. The van der Waals surface area contributed by atoms with Gasteiger partial charge >= 0.3 is 0 Å². The van der Waals surface area contributed by atoms with Gasteiger partial charge in [-0.05, 0) is 12.3 Å².